The van der Waals surface area contributed by atoms with Crippen LogP contribution in [-0.2, 0) is 6.54 Å². The third-order valence-corrected chi connectivity index (χ3v) is 3.81. The van der Waals surface area contributed by atoms with E-state index in [0.717, 1.165) is 37.3 Å². The predicted molar refractivity (Wildman–Crippen MR) is 70.0 cm³/mol. The van der Waals surface area contributed by atoms with Crippen molar-refractivity contribution in [3.8, 4) is 0 Å². The zero-order valence-electron chi connectivity index (χ0n) is 11.1. The van der Waals surface area contributed by atoms with Crippen LogP contribution in [0.15, 0.2) is 22.8 Å². The zero-order chi connectivity index (χ0) is 13.5. The van der Waals surface area contributed by atoms with Crippen LogP contribution in [0.1, 0.15) is 53.8 Å². The maximum Gasteiger partial charge on any atom is 0.294 e. The highest BCUT2D eigenvalue weighted by atomic mass is 16.3. The number of carbonyl (C=O) groups excluding carboxylic acids is 1. The molecule has 2 fully saturated rings. The lowest BCUT2D eigenvalue weighted by Gasteiger charge is -2.19. The summed E-state index contributed by atoms with van der Waals surface area (Å²) in [5, 5.41) is 6.97. The molecule has 6 nitrogen and oxygen atoms in total. The van der Waals surface area contributed by atoms with E-state index < -0.39 is 0 Å². The number of H-pyrrole nitrogens is 1. The molecule has 1 N–H and O–H groups in total. The second-order valence-corrected chi connectivity index (χ2v) is 5.56. The first-order chi connectivity index (χ1) is 9.81. The number of hydrogen-bond donors (Lipinski definition) is 1. The maximum absolute atomic E-state index is 12.5. The molecule has 2 aliphatic carbocycles. The lowest BCUT2D eigenvalue weighted by molar-refractivity contribution is 0.0705. The van der Waals surface area contributed by atoms with Crippen molar-refractivity contribution in [1.29, 1.82) is 0 Å². The lowest BCUT2D eigenvalue weighted by atomic mass is 10.3. The van der Waals surface area contributed by atoms with Crippen LogP contribution in [-0.4, -0.2) is 32.0 Å². The molecular weight excluding hydrogens is 256 g/mol. The Hall–Kier alpha value is -2.11. The third kappa shape index (κ3) is 2.21. The molecule has 0 saturated heterocycles. The fourth-order valence-corrected chi connectivity index (χ4v) is 2.36. The van der Waals surface area contributed by atoms with Crippen LogP contribution in [0, 0.1) is 0 Å². The van der Waals surface area contributed by atoms with Crippen LogP contribution < -0.4 is 0 Å². The van der Waals surface area contributed by atoms with Crippen LogP contribution in [0.3, 0.4) is 0 Å². The van der Waals surface area contributed by atoms with Gasteiger partial charge in [-0.05, 0) is 37.8 Å². The van der Waals surface area contributed by atoms with Gasteiger partial charge in [0.1, 0.15) is 11.6 Å². The Labute approximate surface area is 116 Å². The molecular formula is C14H16N4O2. The summed E-state index contributed by atoms with van der Waals surface area (Å²) in [5.41, 5.74) is 0. The summed E-state index contributed by atoms with van der Waals surface area (Å²) in [6.45, 7) is 0.490. The normalized spacial score (nSPS) is 18.2. The summed E-state index contributed by atoms with van der Waals surface area (Å²) in [6, 6.07) is 4.02. The molecule has 0 bridgehead atoms. The Balaban J connectivity index is 1.53. The highest BCUT2D eigenvalue weighted by molar-refractivity contribution is 5.90. The minimum absolute atomic E-state index is 0.105. The van der Waals surface area contributed by atoms with Gasteiger partial charge in [-0.3, -0.25) is 9.89 Å². The number of rotatable bonds is 5. The van der Waals surface area contributed by atoms with E-state index in [2.05, 4.69) is 15.2 Å². The first kappa shape index (κ1) is 11.7. The summed E-state index contributed by atoms with van der Waals surface area (Å²) in [4.78, 5) is 18.7. The van der Waals surface area contributed by atoms with Gasteiger partial charge in [0.2, 0.25) is 5.82 Å². The second kappa shape index (κ2) is 4.47. The SMILES string of the molecule is O=C(c1n[nH]c(C2CC2)n1)N(Cc1ccco1)C1CC1. The Morgan fingerprint density at radius 1 is 1.40 bits per heavy atom. The van der Waals surface area contributed by atoms with Crippen LogP contribution >= 0.6 is 0 Å². The summed E-state index contributed by atoms with van der Waals surface area (Å²) >= 11 is 0. The number of aromatic amines is 1. The lowest BCUT2D eigenvalue weighted by Crippen LogP contribution is -2.33. The fraction of sp³-hybridized carbons (Fsp3) is 0.500. The van der Waals surface area contributed by atoms with Gasteiger partial charge in [0.05, 0.1) is 12.8 Å². The highest BCUT2D eigenvalue weighted by Gasteiger charge is 2.36. The van der Waals surface area contributed by atoms with Gasteiger partial charge >= 0.3 is 0 Å². The van der Waals surface area contributed by atoms with Crippen molar-refractivity contribution in [3.05, 3.63) is 35.8 Å². The van der Waals surface area contributed by atoms with E-state index in [9.17, 15) is 4.79 Å². The Morgan fingerprint density at radius 3 is 2.90 bits per heavy atom. The van der Waals surface area contributed by atoms with E-state index >= 15 is 0 Å². The quantitative estimate of drug-likeness (QED) is 0.904. The van der Waals surface area contributed by atoms with Gasteiger partial charge in [0.25, 0.3) is 5.91 Å². The summed E-state index contributed by atoms with van der Waals surface area (Å²) in [5.74, 6) is 2.30. The van der Waals surface area contributed by atoms with Gasteiger partial charge in [0.15, 0.2) is 0 Å². The van der Waals surface area contributed by atoms with Gasteiger partial charge < -0.3 is 9.32 Å². The van der Waals surface area contributed by atoms with E-state index in [1.54, 1.807) is 6.26 Å². The molecule has 2 heterocycles. The number of nitrogens with zero attached hydrogens (tertiary/aromatic N) is 3. The van der Waals surface area contributed by atoms with Gasteiger partial charge in [-0.15, -0.1) is 5.10 Å². The van der Waals surface area contributed by atoms with Gasteiger partial charge in [0, 0.05) is 12.0 Å². The molecule has 104 valence electrons. The molecule has 0 radical (unpaired) electrons. The van der Waals surface area contributed by atoms with Crippen molar-refractivity contribution in [1.82, 2.24) is 20.1 Å². The van der Waals surface area contributed by atoms with Crippen molar-refractivity contribution >= 4 is 5.91 Å². The molecule has 2 saturated carbocycles. The van der Waals surface area contributed by atoms with Gasteiger partial charge in [-0.2, -0.15) is 0 Å². The molecule has 6 heteroatoms. The van der Waals surface area contributed by atoms with E-state index in [1.165, 1.54) is 0 Å². The van der Waals surface area contributed by atoms with Gasteiger partial charge in [-0.1, -0.05) is 0 Å². The topological polar surface area (TPSA) is 75.0 Å². The Morgan fingerprint density at radius 2 is 2.25 bits per heavy atom. The monoisotopic (exact) mass is 272 g/mol. The van der Waals surface area contributed by atoms with E-state index in [0.29, 0.717) is 18.5 Å². The predicted octanol–water partition coefficient (Wildman–Crippen LogP) is 2.08. The summed E-state index contributed by atoms with van der Waals surface area (Å²) in [7, 11) is 0. The van der Waals surface area contributed by atoms with Crippen LogP contribution in [0.4, 0.5) is 0 Å². The molecule has 4 rings (SSSR count). The van der Waals surface area contributed by atoms with E-state index in [4.69, 9.17) is 4.42 Å². The smallest absolute Gasteiger partial charge is 0.294 e. The summed E-state index contributed by atoms with van der Waals surface area (Å²) in [6.07, 6.45) is 6.00. The standard InChI is InChI=1S/C14H16N4O2/c19-14(13-15-12(16-17-13)9-3-4-9)18(10-5-6-10)8-11-2-1-7-20-11/h1-2,7,9-10H,3-6,8H2,(H,15,16,17). The Kier molecular flexibility index (Phi) is 2.61. The van der Waals surface area contributed by atoms with Crippen molar-refractivity contribution in [2.75, 3.05) is 0 Å². The minimum Gasteiger partial charge on any atom is -0.467 e. The number of furan rings is 1. The fourth-order valence-electron chi connectivity index (χ4n) is 2.36. The average molecular weight is 272 g/mol. The molecule has 20 heavy (non-hydrogen) atoms. The number of aromatic nitrogens is 3. The van der Waals surface area contributed by atoms with Crippen molar-refractivity contribution in [2.45, 2.75) is 44.2 Å². The zero-order valence-corrected chi connectivity index (χ0v) is 11.1. The number of hydrogen-bond acceptors (Lipinski definition) is 4. The number of amides is 1. The molecule has 1 amide bonds. The Bertz CT molecular complexity index is 611. The largest absolute Gasteiger partial charge is 0.467 e. The third-order valence-electron chi connectivity index (χ3n) is 3.81. The first-order valence-corrected chi connectivity index (χ1v) is 7.07. The second-order valence-electron chi connectivity index (χ2n) is 5.56. The number of carbonyl (C=O) groups is 1. The van der Waals surface area contributed by atoms with Crippen molar-refractivity contribution < 1.29 is 9.21 Å². The van der Waals surface area contributed by atoms with E-state index in [-0.39, 0.29) is 11.7 Å². The number of nitrogens with one attached hydrogen (secondary N) is 1. The van der Waals surface area contributed by atoms with Crippen LogP contribution in [0.5, 0.6) is 0 Å². The average Bonchev–Trinajstić information content (AvgIpc) is 3.39. The molecule has 0 unspecified atom stereocenters. The molecule has 2 aromatic rings. The van der Waals surface area contributed by atoms with Gasteiger partial charge in [-0.25, -0.2) is 4.98 Å². The maximum atomic E-state index is 12.5. The molecule has 0 spiro atoms. The van der Waals surface area contributed by atoms with Crippen LogP contribution in [0.25, 0.3) is 0 Å². The molecule has 0 atom stereocenters. The van der Waals surface area contributed by atoms with Crippen molar-refractivity contribution in [3.63, 3.8) is 0 Å². The summed E-state index contributed by atoms with van der Waals surface area (Å²) < 4.78 is 5.34. The van der Waals surface area contributed by atoms with E-state index in [1.807, 2.05) is 17.0 Å². The minimum atomic E-state index is -0.105. The molecule has 2 aromatic heterocycles. The van der Waals surface area contributed by atoms with Crippen molar-refractivity contribution in [2.24, 2.45) is 0 Å². The highest BCUT2D eigenvalue weighted by Crippen LogP contribution is 2.38. The first-order valence-electron chi connectivity index (χ1n) is 7.07. The molecule has 0 aliphatic heterocycles. The van der Waals surface area contributed by atoms with Crippen LogP contribution in [0.2, 0.25) is 0 Å². The molecule has 2 aliphatic rings. The molecule has 0 aromatic carbocycles.